The van der Waals surface area contributed by atoms with Crippen LogP contribution in [0, 0.1) is 0 Å². The van der Waals surface area contributed by atoms with Crippen LogP contribution in [0.4, 0.5) is 4.79 Å². The van der Waals surface area contributed by atoms with E-state index in [4.69, 9.17) is 9.15 Å². The summed E-state index contributed by atoms with van der Waals surface area (Å²) in [5.41, 5.74) is -0.589. The third-order valence-electron chi connectivity index (χ3n) is 3.46. The fourth-order valence-electron chi connectivity index (χ4n) is 2.15. The molecular formula is C17H30N4O4S2. The Morgan fingerprint density at radius 3 is 2.48 bits per heavy atom. The first-order chi connectivity index (χ1) is 12.7. The molecule has 2 amide bonds. The van der Waals surface area contributed by atoms with Crippen molar-refractivity contribution in [2.45, 2.75) is 57.9 Å². The minimum absolute atomic E-state index is 0.0237. The van der Waals surface area contributed by atoms with Gasteiger partial charge in [0.2, 0.25) is 11.8 Å². The highest BCUT2D eigenvalue weighted by atomic mass is 32.2. The maximum Gasteiger partial charge on any atom is 0.408 e. The molecule has 0 unspecified atom stereocenters. The van der Waals surface area contributed by atoms with E-state index in [-0.39, 0.29) is 11.7 Å². The molecule has 0 aliphatic carbocycles. The van der Waals surface area contributed by atoms with Gasteiger partial charge in [-0.3, -0.25) is 4.79 Å². The number of amides is 2. The molecule has 27 heavy (non-hydrogen) atoms. The average molecular weight is 419 g/mol. The molecule has 1 atom stereocenters. The molecule has 8 nitrogen and oxygen atoms in total. The summed E-state index contributed by atoms with van der Waals surface area (Å²) in [5.74, 6) is 1.38. The van der Waals surface area contributed by atoms with E-state index in [9.17, 15) is 9.59 Å². The maximum absolute atomic E-state index is 12.1. The van der Waals surface area contributed by atoms with Gasteiger partial charge < -0.3 is 19.4 Å². The van der Waals surface area contributed by atoms with Gasteiger partial charge in [-0.05, 0) is 53.0 Å². The van der Waals surface area contributed by atoms with E-state index in [1.165, 1.54) is 11.8 Å². The van der Waals surface area contributed by atoms with Crippen molar-refractivity contribution in [1.29, 1.82) is 0 Å². The molecule has 1 heterocycles. The van der Waals surface area contributed by atoms with Crippen molar-refractivity contribution in [3.05, 3.63) is 5.89 Å². The summed E-state index contributed by atoms with van der Waals surface area (Å²) in [6.45, 7) is 10.6. The van der Waals surface area contributed by atoms with Crippen molar-refractivity contribution < 1.29 is 18.7 Å². The van der Waals surface area contributed by atoms with Crippen LogP contribution >= 0.6 is 23.5 Å². The van der Waals surface area contributed by atoms with Crippen LogP contribution < -0.4 is 5.32 Å². The number of hydrogen-bond donors (Lipinski definition) is 1. The minimum Gasteiger partial charge on any atom is -0.444 e. The summed E-state index contributed by atoms with van der Waals surface area (Å²) in [5, 5.41) is 11.1. The highest BCUT2D eigenvalue weighted by Gasteiger charge is 2.24. The number of nitrogens with one attached hydrogen (secondary N) is 1. The van der Waals surface area contributed by atoms with Crippen LogP contribution in [-0.2, 0) is 9.53 Å². The summed E-state index contributed by atoms with van der Waals surface area (Å²) in [4.78, 5) is 25.9. The second-order valence-corrected chi connectivity index (χ2v) is 8.65. The Bertz CT molecular complexity index is 600. The summed E-state index contributed by atoms with van der Waals surface area (Å²) >= 11 is 2.85. The Labute approximate surface area is 169 Å². The average Bonchev–Trinajstić information content (AvgIpc) is 3.05. The molecule has 1 aromatic heterocycles. The third-order valence-corrected chi connectivity index (χ3v) is 4.90. The number of aromatic nitrogens is 2. The zero-order chi connectivity index (χ0) is 20.4. The summed E-state index contributed by atoms with van der Waals surface area (Å²) in [7, 11) is 0. The van der Waals surface area contributed by atoms with Gasteiger partial charge in [-0.25, -0.2) is 4.79 Å². The number of thioether (sulfide) groups is 2. The predicted molar refractivity (Wildman–Crippen MR) is 108 cm³/mol. The molecular weight excluding hydrogens is 388 g/mol. The molecule has 0 aromatic carbocycles. The fourth-order valence-corrected chi connectivity index (χ4v) is 3.30. The van der Waals surface area contributed by atoms with Gasteiger partial charge in [-0.15, -0.1) is 10.2 Å². The second-order valence-electron chi connectivity index (χ2n) is 6.74. The lowest BCUT2D eigenvalue weighted by atomic mass is 10.2. The highest BCUT2D eigenvalue weighted by molar-refractivity contribution is 7.99. The van der Waals surface area contributed by atoms with E-state index in [1.807, 2.05) is 20.1 Å². The Morgan fingerprint density at radius 2 is 1.93 bits per heavy atom. The first-order valence-corrected chi connectivity index (χ1v) is 11.3. The van der Waals surface area contributed by atoms with Crippen molar-refractivity contribution in [1.82, 2.24) is 20.4 Å². The molecule has 0 fully saturated rings. The quantitative estimate of drug-likeness (QED) is 0.578. The largest absolute Gasteiger partial charge is 0.444 e. The summed E-state index contributed by atoms with van der Waals surface area (Å²) < 4.78 is 11.0. The molecule has 0 radical (unpaired) electrons. The molecule has 0 saturated carbocycles. The van der Waals surface area contributed by atoms with Gasteiger partial charge in [0.15, 0.2) is 0 Å². The molecule has 0 bridgehead atoms. The molecule has 0 aliphatic rings. The van der Waals surface area contributed by atoms with Crippen LogP contribution in [0.3, 0.4) is 0 Å². The smallest absolute Gasteiger partial charge is 0.408 e. The lowest BCUT2D eigenvalue weighted by Crippen LogP contribution is -2.35. The third kappa shape index (κ3) is 8.87. The first kappa shape index (κ1) is 23.6. The van der Waals surface area contributed by atoms with Crippen LogP contribution in [0.2, 0.25) is 0 Å². The van der Waals surface area contributed by atoms with Gasteiger partial charge in [0.05, 0.1) is 5.75 Å². The number of carbonyl (C=O) groups excluding carboxylic acids is 2. The Morgan fingerprint density at radius 1 is 1.26 bits per heavy atom. The number of ether oxygens (including phenoxy) is 1. The van der Waals surface area contributed by atoms with Gasteiger partial charge in [-0.2, -0.15) is 11.8 Å². The SMILES string of the molecule is CCN(CC)C(=O)CSc1nnc([C@@H](CCSC)NC(=O)OC(C)(C)C)o1. The van der Waals surface area contributed by atoms with E-state index >= 15 is 0 Å². The van der Waals surface area contributed by atoms with Crippen LogP contribution in [0.25, 0.3) is 0 Å². The maximum atomic E-state index is 12.1. The highest BCUT2D eigenvalue weighted by Crippen LogP contribution is 2.23. The number of rotatable bonds is 10. The molecule has 1 rings (SSSR count). The van der Waals surface area contributed by atoms with Crippen LogP contribution in [0.5, 0.6) is 0 Å². The lowest BCUT2D eigenvalue weighted by molar-refractivity contribution is -0.127. The van der Waals surface area contributed by atoms with Gasteiger partial charge in [-0.1, -0.05) is 11.8 Å². The summed E-state index contributed by atoms with van der Waals surface area (Å²) in [6, 6.07) is -0.437. The number of carbonyl (C=O) groups is 2. The molecule has 154 valence electrons. The van der Waals surface area contributed by atoms with E-state index in [0.29, 0.717) is 30.6 Å². The molecule has 0 saturated heterocycles. The summed E-state index contributed by atoms with van der Waals surface area (Å²) in [6.07, 6.45) is 2.08. The van der Waals surface area contributed by atoms with Crippen molar-refractivity contribution in [3.8, 4) is 0 Å². The Kier molecular flexibility index (Phi) is 10.00. The Hall–Kier alpha value is -1.42. The topological polar surface area (TPSA) is 97.6 Å². The van der Waals surface area contributed by atoms with Crippen LogP contribution in [0.1, 0.15) is 53.0 Å². The van der Waals surface area contributed by atoms with Crippen molar-refractivity contribution in [2.75, 3.05) is 30.9 Å². The Balaban J connectivity index is 2.72. The van der Waals surface area contributed by atoms with E-state index < -0.39 is 17.7 Å². The van der Waals surface area contributed by atoms with E-state index in [0.717, 1.165) is 5.75 Å². The van der Waals surface area contributed by atoms with E-state index in [2.05, 4.69) is 15.5 Å². The molecule has 10 heteroatoms. The van der Waals surface area contributed by atoms with Crippen molar-refractivity contribution in [2.24, 2.45) is 0 Å². The number of nitrogens with zero attached hydrogens (tertiary/aromatic N) is 3. The standard InChI is InChI=1S/C17H30N4O4S2/c1-7-21(8-2)13(22)11-27-16-20-19-14(24-16)12(9-10-26-6)18-15(23)25-17(3,4)5/h12H,7-11H2,1-6H3,(H,18,23)/t12-/m1/s1. The zero-order valence-electron chi connectivity index (χ0n) is 16.9. The predicted octanol–water partition coefficient (Wildman–Crippen LogP) is 3.35. The second kappa shape index (κ2) is 11.4. The van der Waals surface area contributed by atoms with Crippen LogP contribution in [-0.4, -0.2) is 63.5 Å². The fraction of sp³-hybridized carbons (Fsp3) is 0.765. The van der Waals surface area contributed by atoms with Gasteiger partial charge in [0.1, 0.15) is 11.6 Å². The molecule has 1 N–H and O–H groups in total. The van der Waals surface area contributed by atoms with Crippen molar-refractivity contribution in [3.63, 3.8) is 0 Å². The lowest BCUT2D eigenvalue weighted by Gasteiger charge is -2.22. The van der Waals surface area contributed by atoms with Gasteiger partial charge >= 0.3 is 6.09 Å². The van der Waals surface area contributed by atoms with E-state index in [1.54, 1.807) is 37.4 Å². The molecule has 1 aromatic rings. The monoisotopic (exact) mass is 418 g/mol. The molecule has 0 aliphatic heterocycles. The normalized spacial score (nSPS) is 12.5. The van der Waals surface area contributed by atoms with Crippen LogP contribution in [0.15, 0.2) is 9.64 Å². The molecule has 0 spiro atoms. The first-order valence-electron chi connectivity index (χ1n) is 8.92. The minimum atomic E-state index is -0.589. The number of hydrogen-bond acceptors (Lipinski definition) is 8. The van der Waals surface area contributed by atoms with Gasteiger partial charge in [0, 0.05) is 13.1 Å². The zero-order valence-corrected chi connectivity index (χ0v) is 18.5. The van der Waals surface area contributed by atoms with Crippen molar-refractivity contribution >= 4 is 35.5 Å². The number of alkyl carbamates (subject to hydrolysis) is 1. The van der Waals surface area contributed by atoms with Gasteiger partial charge in [0.25, 0.3) is 5.22 Å².